The zero-order valence-corrected chi connectivity index (χ0v) is 10.2. The fraction of sp³-hybridized carbons (Fsp3) is 0.500. The minimum absolute atomic E-state index is 0.0545. The first-order chi connectivity index (χ1) is 8.39. The second-order valence-corrected chi connectivity index (χ2v) is 5.58. The summed E-state index contributed by atoms with van der Waals surface area (Å²) in [6, 6.07) is 2.62. The van der Waals surface area contributed by atoms with Crippen molar-refractivity contribution in [1.29, 1.82) is 0 Å². The van der Waals surface area contributed by atoms with Crippen molar-refractivity contribution in [1.82, 2.24) is 0 Å². The second-order valence-electron chi connectivity index (χ2n) is 4.23. The zero-order valence-electron chi connectivity index (χ0n) is 9.38. The molecule has 1 aliphatic heterocycles. The van der Waals surface area contributed by atoms with Gasteiger partial charge in [0.25, 0.3) is 0 Å². The highest BCUT2D eigenvalue weighted by Gasteiger charge is 2.34. The third-order valence-corrected chi connectivity index (χ3v) is 4.40. The summed E-state index contributed by atoms with van der Waals surface area (Å²) in [7, 11) is 0. The van der Waals surface area contributed by atoms with E-state index in [4.69, 9.17) is 0 Å². The third-order valence-electron chi connectivity index (χ3n) is 2.96. The van der Waals surface area contributed by atoms with Gasteiger partial charge in [0.05, 0.1) is 11.7 Å². The standard InChI is InChI=1S/C12H12F4OS/c13-9-6-7(3-4-8(9)12(14,15)16)11(17)10-2-1-5-18-10/h3-4,6,10-11,17H,1-2,5H2. The predicted molar refractivity (Wildman–Crippen MR) is 61.8 cm³/mol. The number of hydrogen-bond donors (Lipinski definition) is 1. The van der Waals surface area contributed by atoms with Crippen molar-refractivity contribution in [2.75, 3.05) is 5.75 Å². The Hall–Kier alpha value is -0.750. The second kappa shape index (κ2) is 5.09. The molecule has 0 saturated carbocycles. The summed E-state index contributed by atoms with van der Waals surface area (Å²) in [5.41, 5.74) is -1.09. The number of aliphatic hydroxyl groups is 1. The normalized spacial score (nSPS) is 22.2. The fourth-order valence-electron chi connectivity index (χ4n) is 2.01. The lowest BCUT2D eigenvalue weighted by Gasteiger charge is -2.18. The summed E-state index contributed by atoms with van der Waals surface area (Å²) in [6.45, 7) is 0. The lowest BCUT2D eigenvalue weighted by Crippen LogP contribution is -2.14. The molecule has 6 heteroatoms. The Morgan fingerprint density at radius 3 is 2.56 bits per heavy atom. The Labute approximate surface area is 106 Å². The molecule has 0 aromatic heterocycles. The monoisotopic (exact) mass is 280 g/mol. The van der Waals surface area contributed by atoms with Gasteiger partial charge < -0.3 is 5.11 Å². The van der Waals surface area contributed by atoms with Gasteiger partial charge >= 0.3 is 6.18 Å². The van der Waals surface area contributed by atoms with E-state index in [1.165, 1.54) is 0 Å². The molecule has 2 atom stereocenters. The van der Waals surface area contributed by atoms with Crippen LogP contribution in [0.15, 0.2) is 18.2 Å². The summed E-state index contributed by atoms with van der Waals surface area (Å²) >= 11 is 1.57. The smallest absolute Gasteiger partial charge is 0.387 e. The van der Waals surface area contributed by atoms with Crippen molar-refractivity contribution in [3.05, 3.63) is 35.1 Å². The van der Waals surface area contributed by atoms with Crippen molar-refractivity contribution in [3.63, 3.8) is 0 Å². The Bertz CT molecular complexity index is 427. The maximum atomic E-state index is 13.4. The molecule has 0 radical (unpaired) electrons. The Morgan fingerprint density at radius 1 is 1.33 bits per heavy atom. The molecule has 2 rings (SSSR count). The lowest BCUT2D eigenvalue weighted by atomic mass is 10.0. The van der Waals surface area contributed by atoms with Crippen LogP contribution in [0.2, 0.25) is 0 Å². The molecule has 1 aromatic carbocycles. The SMILES string of the molecule is OC(c1ccc(C(F)(F)F)c(F)c1)C1CCCS1. The average molecular weight is 280 g/mol. The van der Waals surface area contributed by atoms with Crippen LogP contribution in [0.1, 0.15) is 30.1 Å². The molecule has 1 fully saturated rings. The highest BCUT2D eigenvalue weighted by atomic mass is 32.2. The van der Waals surface area contributed by atoms with Gasteiger partial charge in [-0.1, -0.05) is 6.07 Å². The van der Waals surface area contributed by atoms with Crippen LogP contribution in [0.4, 0.5) is 17.6 Å². The number of benzene rings is 1. The van der Waals surface area contributed by atoms with Crippen LogP contribution in [0, 0.1) is 5.82 Å². The molecule has 1 saturated heterocycles. The van der Waals surface area contributed by atoms with Crippen molar-refractivity contribution in [2.45, 2.75) is 30.4 Å². The topological polar surface area (TPSA) is 20.2 Å². The van der Waals surface area contributed by atoms with E-state index in [0.29, 0.717) is 6.07 Å². The van der Waals surface area contributed by atoms with Gasteiger partial charge in [-0.3, -0.25) is 0 Å². The first-order valence-corrected chi connectivity index (χ1v) is 6.61. The van der Waals surface area contributed by atoms with E-state index in [9.17, 15) is 22.7 Å². The first kappa shape index (κ1) is 13.7. The maximum absolute atomic E-state index is 13.4. The van der Waals surface area contributed by atoms with Gasteiger partial charge in [-0.2, -0.15) is 24.9 Å². The van der Waals surface area contributed by atoms with E-state index in [2.05, 4.69) is 0 Å². The number of alkyl halides is 3. The average Bonchev–Trinajstić information content (AvgIpc) is 2.79. The molecule has 0 bridgehead atoms. The maximum Gasteiger partial charge on any atom is 0.419 e. The number of aliphatic hydroxyl groups excluding tert-OH is 1. The van der Waals surface area contributed by atoms with E-state index < -0.39 is 23.7 Å². The molecule has 1 aromatic rings. The highest BCUT2D eigenvalue weighted by molar-refractivity contribution is 8.00. The molecule has 0 aliphatic carbocycles. The summed E-state index contributed by atoms with van der Waals surface area (Å²) in [4.78, 5) is 0. The highest BCUT2D eigenvalue weighted by Crippen LogP contribution is 2.38. The summed E-state index contributed by atoms with van der Waals surface area (Å²) in [6.07, 6.45) is -3.84. The van der Waals surface area contributed by atoms with Crippen LogP contribution in [0.5, 0.6) is 0 Å². The molecule has 18 heavy (non-hydrogen) atoms. The number of hydrogen-bond acceptors (Lipinski definition) is 2. The number of halogens is 4. The largest absolute Gasteiger partial charge is 0.419 e. The molecule has 1 nitrogen and oxygen atoms in total. The Morgan fingerprint density at radius 2 is 2.06 bits per heavy atom. The molecule has 1 N–H and O–H groups in total. The van der Waals surface area contributed by atoms with Crippen LogP contribution < -0.4 is 0 Å². The van der Waals surface area contributed by atoms with Crippen molar-refractivity contribution in [3.8, 4) is 0 Å². The molecule has 0 amide bonds. The van der Waals surface area contributed by atoms with Gasteiger partial charge in [-0.25, -0.2) is 4.39 Å². The van der Waals surface area contributed by atoms with Crippen LogP contribution in [0.3, 0.4) is 0 Å². The van der Waals surface area contributed by atoms with Crippen molar-refractivity contribution < 1.29 is 22.7 Å². The summed E-state index contributed by atoms with van der Waals surface area (Å²) in [5.74, 6) is -0.410. The number of thioether (sulfide) groups is 1. The van der Waals surface area contributed by atoms with E-state index in [0.717, 1.165) is 30.7 Å². The lowest BCUT2D eigenvalue weighted by molar-refractivity contribution is -0.140. The van der Waals surface area contributed by atoms with Gasteiger partial charge in [-0.15, -0.1) is 0 Å². The van der Waals surface area contributed by atoms with Gasteiger partial charge in [0.15, 0.2) is 0 Å². The van der Waals surface area contributed by atoms with Crippen molar-refractivity contribution >= 4 is 11.8 Å². The Kier molecular flexibility index (Phi) is 3.87. The van der Waals surface area contributed by atoms with Crippen molar-refractivity contribution in [2.24, 2.45) is 0 Å². The summed E-state index contributed by atoms with van der Waals surface area (Å²) < 4.78 is 50.5. The third kappa shape index (κ3) is 2.80. The van der Waals surface area contributed by atoms with Crippen LogP contribution in [0.25, 0.3) is 0 Å². The molecule has 1 heterocycles. The first-order valence-electron chi connectivity index (χ1n) is 5.56. The fourth-order valence-corrected chi connectivity index (χ4v) is 3.32. The van der Waals surface area contributed by atoms with Gasteiger partial charge in [-0.05, 0) is 36.3 Å². The van der Waals surface area contributed by atoms with E-state index in [1.54, 1.807) is 11.8 Å². The van der Waals surface area contributed by atoms with Gasteiger partial charge in [0, 0.05) is 5.25 Å². The minimum atomic E-state index is -4.70. The molecular formula is C12H12F4OS. The van der Waals surface area contributed by atoms with Gasteiger partial charge in [0.1, 0.15) is 5.82 Å². The molecule has 0 spiro atoms. The molecule has 1 aliphatic rings. The number of rotatable bonds is 2. The van der Waals surface area contributed by atoms with E-state index in [1.807, 2.05) is 0 Å². The quantitative estimate of drug-likeness (QED) is 0.832. The minimum Gasteiger partial charge on any atom is -0.387 e. The Balaban J connectivity index is 2.23. The van der Waals surface area contributed by atoms with Crippen LogP contribution in [-0.2, 0) is 6.18 Å². The van der Waals surface area contributed by atoms with E-state index >= 15 is 0 Å². The molecule has 100 valence electrons. The summed E-state index contributed by atoms with van der Waals surface area (Å²) in [5, 5.41) is 9.92. The predicted octanol–water partition coefficient (Wildman–Crippen LogP) is 3.77. The van der Waals surface area contributed by atoms with Crippen LogP contribution >= 0.6 is 11.8 Å². The van der Waals surface area contributed by atoms with Gasteiger partial charge in [0.2, 0.25) is 0 Å². The molecule has 2 unspecified atom stereocenters. The van der Waals surface area contributed by atoms with E-state index in [-0.39, 0.29) is 10.8 Å². The molecular weight excluding hydrogens is 268 g/mol. The zero-order chi connectivity index (χ0) is 13.3. The van der Waals surface area contributed by atoms with Crippen LogP contribution in [-0.4, -0.2) is 16.1 Å².